The van der Waals surface area contributed by atoms with Gasteiger partial charge in [0.1, 0.15) is 5.82 Å². The number of aromatic carboxylic acids is 1. The number of hydrogen-bond donors (Lipinski definition) is 2. The Hall–Kier alpha value is -2.92. The number of carbonyl (C=O) groups is 1. The number of aromatic nitrogens is 1. The molecule has 1 heterocycles. The monoisotopic (exact) mass is 366 g/mol. The second-order valence-electron chi connectivity index (χ2n) is 6.73. The molecular formula is C22H23FN2O2. The van der Waals surface area contributed by atoms with Crippen LogP contribution in [0, 0.1) is 26.6 Å². The van der Waals surface area contributed by atoms with Crippen LogP contribution in [0.4, 0.5) is 4.39 Å². The summed E-state index contributed by atoms with van der Waals surface area (Å²) in [5, 5.41) is 13.0. The summed E-state index contributed by atoms with van der Waals surface area (Å²) in [6.07, 6.45) is 0. The third-order valence-electron chi connectivity index (χ3n) is 4.82. The number of aryl methyl sites for hydroxylation is 1. The molecule has 3 rings (SSSR count). The molecule has 0 saturated carbocycles. The van der Waals surface area contributed by atoms with Crippen molar-refractivity contribution in [3.05, 3.63) is 88.0 Å². The van der Waals surface area contributed by atoms with Crippen molar-refractivity contribution in [1.29, 1.82) is 0 Å². The molecule has 27 heavy (non-hydrogen) atoms. The smallest absolute Gasteiger partial charge is 0.337 e. The lowest BCUT2D eigenvalue weighted by molar-refractivity contribution is 0.0695. The van der Waals surface area contributed by atoms with Gasteiger partial charge < -0.3 is 15.0 Å². The molecule has 0 aliphatic carbocycles. The Balaban J connectivity index is 1.89. The molecule has 0 unspecified atom stereocenters. The van der Waals surface area contributed by atoms with E-state index < -0.39 is 5.97 Å². The molecular weight excluding hydrogens is 343 g/mol. The zero-order valence-corrected chi connectivity index (χ0v) is 15.7. The van der Waals surface area contributed by atoms with Gasteiger partial charge in [-0.05, 0) is 50.6 Å². The second-order valence-corrected chi connectivity index (χ2v) is 6.73. The number of carboxylic acid groups (broad SMARTS) is 1. The van der Waals surface area contributed by atoms with Crippen LogP contribution < -0.4 is 5.32 Å². The van der Waals surface area contributed by atoms with Crippen LogP contribution >= 0.6 is 0 Å². The van der Waals surface area contributed by atoms with Crippen molar-refractivity contribution in [2.45, 2.75) is 33.9 Å². The minimum atomic E-state index is -0.931. The van der Waals surface area contributed by atoms with Gasteiger partial charge in [0, 0.05) is 35.7 Å². The van der Waals surface area contributed by atoms with E-state index in [9.17, 15) is 14.3 Å². The van der Waals surface area contributed by atoms with E-state index in [0.29, 0.717) is 24.3 Å². The molecule has 2 N–H and O–H groups in total. The maximum Gasteiger partial charge on any atom is 0.337 e. The van der Waals surface area contributed by atoms with Crippen LogP contribution in [-0.4, -0.2) is 15.6 Å². The fourth-order valence-electron chi connectivity index (χ4n) is 3.41. The molecule has 140 valence electrons. The van der Waals surface area contributed by atoms with Gasteiger partial charge in [-0.3, -0.25) is 0 Å². The van der Waals surface area contributed by atoms with Gasteiger partial charge in [0.25, 0.3) is 0 Å². The molecule has 0 spiro atoms. The fourth-order valence-corrected chi connectivity index (χ4v) is 3.41. The van der Waals surface area contributed by atoms with Gasteiger partial charge in [-0.1, -0.05) is 29.8 Å². The summed E-state index contributed by atoms with van der Waals surface area (Å²) in [5.41, 5.74) is 5.76. The SMILES string of the molecule is Cc1ccc(-n2c(C)c(CNCc3ccc(F)cc3)c(C(=O)O)c2C)cc1. The lowest BCUT2D eigenvalue weighted by Crippen LogP contribution is -2.15. The van der Waals surface area contributed by atoms with Crippen molar-refractivity contribution in [3.8, 4) is 5.69 Å². The minimum absolute atomic E-state index is 0.270. The fraction of sp³-hybridized carbons (Fsp3) is 0.227. The number of halogens is 1. The molecule has 5 heteroatoms. The average molecular weight is 366 g/mol. The van der Waals surface area contributed by atoms with Crippen molar-refractivity contribution in [2.24, 2.45) is 0 Å². The lowest BCUT2D eigenvalue weighted by atomic mass is 10.1. The van der Waals surface area contributed by atoms with E-state index in [-0.39, 0.29) is 5.82 Å². The van der Waals surface area contributed by atoms with E-state index in [1.165, 1.54) is 12.1 Å². The van der Waals surface area contributed by atoms with Gasteiger partial charge in [-0.15, -0.1) is 0 Å². The molecule has 0 atom stereocenters. The maximum atomic E-state index is 13.0. The zero-order chi connectivity index (χ0) is 19.6. The molecule has 0 bridgehead atoms. The van der Waals surface area contributed by atoms with Crippen molar-refractivity contribution >= 4 is 5.97 Å². The van der Waals surface area contributed by atoms with Crippen molar-refractivity contribution < 1.29 is 14.3 Å². The summed E-state index contributed by atoms with van der Waals surface area (Å²) in [5.74, 6) is -1.20. The van der Waals surface area contributed by atoms with Crippen molar-refractivity contribution in [3.63, 3.8) is 0 Å². The van der Waals surface area contributed by atoms with E-state index >= 15 is 0 Å². The van der Waals surface area contributed by atoms with E-state index in [1.807, 2.05) is 49.6 Å². The van der Waals surface area contributed by atoms with Gasteiger partial charge >= 0.3 is 5.97 Å². The lowest BCUT2D eigenvalue weighted by Gasteiger charge is -2.10. The van der Waals surface area contributed by atoms with Gasteiger partial charge in [0.2, 0.25) is 0 Å². The first-order chi connectivity index (χ1) is 12.9. The summed E-state index contributed by atoms with van der Waals surface area (Å²) in [4.78, 5) is 11.9. The second kappa shape index (κ2) is 7.76. The third-order valence-corrected chi connectivity index (χ3v) is 4.82. The van der Waals surface area contributed by atoms with E-state index in [2.05, 4.69) is 5.32 Å². The molecule has 2 aromatic carbocycles. The predicted octanol–water partition coefficient (Wildman–Crippen LogP) is 4.53. The molecule has 0 fully saturated rings. The summed E-state index contributed by atoms with van der Waals surface area (Å²) in [6.45, 7) is 6.75. The maximum absolute atomic E-state index is 13.0. The van der Waals surface area contributed by atoms with E-state index in [1.54, 1.807) is 12.1 Å². The first kappa shape index (κ1) is 18.9. The Morgan fingerprint density at radius 2 is 1.59 bits per heavy atom. The third kappa shape index (κ3) is 3.93. The van der Waals surface area contributed by atoms with Crippen LogP contribution in [0.25, 0.3) is 5.69 Å². The van der Waals surface area contributed by atoms with Crippen LogP contribution in [0.2, 0.25) is 0 Å². The van der Waals surface area contributed by atoms with Crippen molar-refractivity contribution in [2.75, 3.05) is 0 Å². The number of hydrogen-bond acceptors (Lipinski definition) is 2. The molecule has 0 aliphatic rings. The summed E-state index contributed by atoms with van der Waals surface area (Å²) in [7, 11) is 0. The largest absolute Gasteiger partial charge is 0.478 e. The molecule has 1 aromatic heterocycles. The van der Waals surface area contributed by atoms with Gasteiger partial charge in [0.15, 0.2) is 0 Å². The van der Waals surface area contributed by atoms with Gasteiger partial charge in [-0.25, -0.2) is 9.18 Å². The first-order valence-corrected chi connectivity index (χ1v) is 8.84. The highest BCUT2D eigenvalue weighted by molar-refractivity contribution is 5.91. The van der Waals surface area contributed by atoms with E-state index in [0.717, 1.165) is 28.1 Å². The Kier molecular flexibility index (Phi) is 5.42. The highest BCUT2D eigenvalue weighted by Gasteiger charge is 2.23. The number of rotatable bonds is 6. The Morgan fingerprint density at radius 1 is 0.963 bits per heavy atom. The molecule has 3 aromatic rings. The van der Waals surface area contributed by atoms with Crippen LogP contribution in [0.3, 0.4) is 0 Å². The van der Waals surface area contributed by atoms with E-state index in [4.69, 9.17) is 0 Å². The minimum Gasteiger partial charge on any atom is -0.478 e. The summed E-state index contributed by atoms with van der Waals surface area (Å²) in [6, 6.07) is 14.3. The van der Waals surface area contributed by atoms with Gasteiger partial charge in [0.05, 0.1) is 5.56 Å². The molecule has 0 aliphatic heterocycles. The number of nitrogens with zero attached hydrogens (tertiary/aromatic N) is 1. The average Bonchev–Trinajstić information content (AvgIpc) is 2.88. The van der Waals surface area contributed by atoms with Crippen LogP contribution in [-0.2, 0) is 13.1 Å². The van der Waals surface area contributed by atoms with Crippen molar-refractivity contribution in [1.82, 2.24) is 9.88 Å². The Morgan fingerprint density at radius 3 is 2.19 bits per heavy atom. The first-order valence-electron chi connectivity index (χ1n) is 8.84. The molecule has 4 nitrogen and oxygen atoms in total. The highest BCUT2D eigenvalue weighted by Crippen LogP contribution is 2.26. The Labute approximate surface area is 158 Å². The van der Waals surface area contributed by atoms with Crippen LogP contribution in [0.1, 0.15) is 38.4 Å². The zero-order valence-electron chi connectivity index (χ0n) is 15.7. The topological polar surface area (TPSA) is 54.3 Å². The summed E-state index contributed by atoms with van der Waals surface area (Å²) < 4.78 is 15.0. The standard InChI is InChI=1S/C22H23FN2O2/c1-14-4-10-19(11-5-14)25-15(2)20(21(16(25)3)22(26)27)13-24-12-17-6-8-18(23)9-7-17/h4-11,24H,12-13H2,1-3H3,(H,26,27). The number of nitrogens with one attached hydrogen (secondary N) is 1. The highest BCUT2D eigenvalue weighted by atomic mass is 19.1. The quantitative estimate of drug-likeness (QED) is 0.674. The van der Waals surface area contributed by atoms with Crippen LogP contribution in [0.15, 0.2) is 48.5 Å². The molecule has 0 amide bonds. The number of benzene rings is 2. The predicted molar refractivity (Wildman–Crippen MR) is 104 cm³/mol. The normalized spacial score (nSPS) is 11.0. The molecule has 0 saturated heterocycles. The number of carboxylic acids is 1. The summed E-state index contributed by atoms with van der Waals surface area (Å²) >= 11 is 0. The molecule has 0 radical (unpaired) electrons. The van der Waals surface area contributed by atoms with Crippen LogP contribution in [0.5, 0.6) is 0 Å². The Bertz CT molecular complexity index is 957. The van der Waals surface area contributed by atoms with Gasteiger partial charge in [-0.2, -0.15) is 0 Å².